The average molecular weight is 321 g/mol. The van der Waals surface area contributed by atoms with Crippen LogP contribution in [0.25, 0.3) is 0 Å². The number of Topliss-reactive ketones (excluding diaryl/α,β-unsaturated/α-hetero) is 1. The smallest absolute Gasteiger partial charge is 0.326 e. The van der Waals surface area contributed by atoms with E-state index in [1.165, 1.54) is 11.8 Å². The van der Waals surface area contributed by atoms with E-state index in [0.717, 1.165) is 0 Å². The van der Waals surface area contributed by atoms with Crippen molar-refractivity contribution in [2.45, 2.75) is 44.2 Å². The van der Waals surface area contributed by atoms with Crippen molar-refractivity contribution in [2.24, 2.45) is 0 Å². The van der Waals surface area contributed by atoms with Crippen LogP contribution in [-0.4, -0.2) is 63.7 Å². The quantitative estimate of drug-likeness (QED) is 0.392. The highest BCUT2D eigenvalue weighted by molar-refractivity contribution is 7.98. The van der Waals surface area contributed by atoms with Crippen LogP contribution >= 0.6 is 11.8 Å². The first-order chi connectivity index (χ1) is 9.90. The highest BCUT2D eigenvalue weighted by Gasteiger charge is 2.20. The fraction of sp³-hybridized carbons (Fsp3) is 0.769. The van der Waals surface area contributed by atoms with E-state index in [-0.39, 0.29) is 25.0 Å². The third kappa shape index (κ3) is 10.3. The van der Waals surface area contributed by atoms with Crippen LogP contribution in [0.1, 0.15) is 32.1 Å². The summed E-state index contributed by atoms with van der Waals surface area (Å²) in [4.78, 5) is 33.5. The van der Waals surface area contributed by atoms with Crippen LogP contribution in [0, 0.1) is 0 Å². The third-order valence-electron chi connectivity index (χ3n) is 2.83. The number of hydrogen-bond acceptors (Lipinski definition) is 6. The van der Waals surface area contributed by atoms with Crippen molar-refractivity contribution in [3.63, 3.8) is 0 Å². The van der Waals surface area contributed by atoms with Crippen LogP contribution in [-0.2, 0) is 14.4 Å². The van der Waals surface area contributed by atoms with Crippen molar-refractivity contribution in [3.05, 3.63) is 0 Å². The summed E-state index contributed by atoms with van der Waals surface area (Å²) in [7, 11) is 0. The lowest BCUT2D eigenvalue weighted by molar-refractivity contribution is -0.142. The Morgan fingerprint density at radius 2 is 1.90 bits per heavy atom. The molecule has 0 radical (unpaired) electrons. The summed E-state index contributed by atoms with van der Waals surface area (Å²) in [5, 5.41) is 29.5. The van der Waals surface area contributed by atoms with Gasteiger partial charge in [-0.05, 0) is 31.3 Å². The highest BCUT2D eigenvalue weighted by atomic mass is 32.2. The van der Waals surface area contributed by atoms with Crippen LogP contribution in [0.4, 0.5) is 0 Å². The summed E-state index contributed by atoms with van der Waals surface area (Å²) in [5.74, 6) is -1.32. The molecule has 21 heavy (non-hydrogen) atoms. The molecule has 0 aromatic rings. The van der Waals surface area contributed by atoms with E-state index in [9.17, 15) is 19.5 Å². The summed E-state index contributed by atoms with van der Waals surface area (Å²) in [6.45, 7) is -0.522. The summed E-state index contributed by atoms with van der Waals surface area (Å²) >= 11 is 1.49. The van der Waals surface area contributed by atoms with Crippen LogP contribution in [0.3, 0.4) is 0 Å². The zero-order valence-electron chi connectivity index (χ0n) is 12.1. The molecule has 1 amide bonds. The number of aliphatic carboxylic acids is 1. The Bertz CT molecular complexity index is 350. The molecule has 7 nitrogen and oxygen atoms in total. The summed E-state index contributed by atoms with van der Waals surface area (Å²) in [6.07, 6.45) is 1.83. The predicted octanol–water partition coefficient (Wildman–Crippen LogP) is -0.208. The number of carboxylic acid groups (broad SMARTS) is 1. The van der Waals surface area contributed by atoms with Gasteiger partial charge in [0.1, 0.15) is 12.6 Å². The maximum Gasteiger partial charge on any atom is 0.326 e. The maximum absolute atomic E-state index is 11.6. The van der Waals surface area contributed by atoms with E-state index in [1.54, 1.807) is 0 Å². The Kier molecular flexibility index (Phi) is 10.9. The molecule has 0 saturated heterocycles. The van der Waals surface area contributed by atoms with Gasteiger partial charge in [0.15, 0.2) is 5.78 Å². The molecular weight excluding hydrogens is 298 g/mol. The van der Waals surface area contributed by atoms with E-state index < -0.39 is 30.6 Å². The molecule has 122 valence electrons. The topological polar surface area (TPSA) is 124 Å². The number of thioether (sulfide) groups is 1. The second kappa shape index (κ2) is 11.5. The second-order valence-electron chi connectivity index (χ2n) is 4.69. The van der Waals surface area contributed by atoms with Gasteiger partial charge in [-0.2, -0.15) is 11.8 Å². The van der Waals surface area contributed by atoms with Crippen LogP contribution in [0.15, 0.2) is 0 Å². The zero-order valence-corrected chi connectivity index (χ0v) is 12.9. The molecule has 2 atom stereocenters. The minimum Gasteiger partial charge on any atom is -0.480 e. The molecule has 0 heterocycles. The van der Waals surface area contributed by atoms with E-state index in [1.807, 2.05) is 6.26 Å². The van der Waals surface area contributed by atoms with Gasteiger partial charge in [-0.1, -0.05) is 0 Å². The van der Waals surface area contributed by atoms with Crippen molar-refractivity contribution < 1.29 is 29.7 Å². The molecule has 8 heteroatoms. The Hall–Kier alpha value is -1.12. The first-order valence-corrected chi connectivity index (χ1v) is 8.11. The van der Waals surface area contributed by atoms with Gasteiger partial charge in [0.05, 0.1) is 12.5 Å². The molecule has 0 aliphatic heterocycles. The number of nitrogens with one attached hydrogen (secondary N) is 1. The van der Waals surface area contributed by atoms with Gasteiger partial charge in [-0.15, -0.1) is 0 Å². The Morgan fingerprint density at radius 1 is 1.24 bits per heavy atom. The second-order valence-corrected chi connectivity index (χ2v) is 5.67. The number of aliphatic hydroxyl groups excluding tert-OH is 2. The molecule has 0 spiro atoms. The number of carboxylic acids is 1. The number of aliphatic hydroxyl groups is 2. The van der Waals surface area contributed by atoms with Gasteiger partial charge in [-0.3, -0.25) is 9.59 Å². The van der Waals surface area contributed by atoms with E-state index >= 15 is 0 Å². The lowest BCUT2D eigenvalue weighted by Crippen LogP contribution is -2.42. The first kappa shape index (κ1) is 19.9. The number of hydrogen-bond donors (Lipinski definition) is 4. The molecule has 0 aromatic heterocycles. The standard InChI is InChI=1S/C13H23NO6S/c1-21-6-5-11(13(19)20)14-12(18)7-9(16)3-2-4-10(17)8-15/h9,11,15-16H,2-8H2,1H3,(H,14,18)(H,19,20)/t9?,11-/m1/s1. The predicted molar refractivity (Wildman–Crippen MR) is 79.1 cm³/mol. The highest BCUT2D eigenvalue weighted by Crippen LogP contribution is 2.06. The van der Waals surface area contributed by atoms with Crippen molar-refractivity contribution in [3.8, 4) is 0 Å². The van der Waals surface area contributed by atoms with Gasteiger partial charge in [0, 0.05) is 6.42 Å². The van der Waals surface area contributed by atoms with Crippen LogP contribution < -0.4 is 5.32 Å². The number of carbonyl (C=O) groups excluding carboxylic acids is 2. The molecule has 0 saturated carbocycles. The number of ketones is 1. The molecule has 4 N–H and O–H groups in total. The lowest BCUT2D eigenvalue weighted by Gasteiger charge is -2.15. The fourth-order valence-corrected chi connectivity index (χ4v) is 2.15. The Labute approximate surface area is 128 Å². The molecule has 0 fully saturated rings. The van der Waals surface area contributed by atoms with E-state index in [0.29, 0.717) is 18.6 Å². The van der Waals surface area contributed by atoms with Gasteiger partial charge < -0.3 is 20.6 Å². The monoisotopic (exact) mass is 321 g/mol. The number of carbonyl (C=O) groups is 3. The Morgan fingerprint density at radius 3 is 2.43 bits per heavy atom. The lowest BCUT2D eigenvalue weighted by atomic mass is 10.1. The third-order valence-corrected chi connectivity index (χ3v) is 3.48. The van der Waals surface area contributed by atoms with Crippen molar-refractivity contribution in [1.82, 2.24) is 5.32 Å². The van der Waals surface area contributed by atoms with E-state index in [2.05, 4.69) is 5.32 Å². The minimum absolute atomic E-state index is 0.153. The van der Waals surface area contributed by atoms with Crippen LogP contribution in [0.2, 0.25) is 0 Å². The first-order valence-electron chi connectivity index (χ1n) is 6.72. The molecule has 0 aromatic carbocycles. The summed E-state index contributed by atoms with van der Waals surface area (Å²) in [5.41, 5.74) is 0. The SMILES string of the molecule is CSCC[C@@H](NC(=O)CC(O)CCCC(=O)CO)C(=O)O. The number of rotatable bonds is 12. The van der Waals surface area contributed by atoms with Gasteiger partial charge in [-0.25, -0.2) is 4.79 Å². The molecular formula is C13H23NO6S. The molecule has 0 aliphatic carbocycles. The van der Waals surface area contributed by atoms with Crippen LogP contribution in [0.5, 0.6) is 0 Å². The summed E-state index contributed by atoms with van der Waals surface area (Å²) in [6, 6.07) is -0.951. The van der Waals surface area contributed by atoms with Crippen molar-refractivity contribution in [1.29, 1.82) is 0 Å². The number of amides is 1. The van der Waals surface area contributed by atoms with Crippen molar-refractivity contribution >= 4 is 29.4 Å². The summed E-state index contributed by atoms with van der Waals surface area (Å²) < 4.78 is 0. The largest absolute Gasteiger partial charge is 0.480 e. The van der Waals surface area contributed by atoms with Crippen molar-refractivity contribution in [2.75, 3.05) is 18.6 Å². The van der Waals surface area contributed by atoms with Gasteiger partial charge in [0.25, 0.3) is 0 Å². The normalized spacial score (nSPS) is 13.5. The van der Waals surface area contributed by atoms with E-state index in [4.69, 9.17) is 10.2 Å². The molecule has 1 unspecified atom stereocenters. The minimum atomic E-state index is -1.10. The van der Waals surface area contributed by atoms with Gasteiger partial charge in [0.2, 0.25) is 5.91 Å². The molecule has 0 bridgehead atoms. The maximum atomic E-state index is 11.6. The average Bonchev–Trinajstić information content (AvgIpc) is 2.42. The Balaban J connectivity index is 4.04. The van der Waals surface area contributed by atoms with Gasteiger partial charge >= 0.3 is 5.97 Å². The zero-order chi connectivity index (χ0) is 16.3. The molecule has 0 rings (SSSR count). The fourth-order valence-electron chi connectivity index (χ4n) is 1.68. The molecule has 0 aliphatic rings.